The number of hydrogen-bond acceptors (Lipinski definition) is 5. The van der Waals surface area contributed by atoms with Crippen molar-refractivity contribution in [1.82, 2.24) is 10.0 Å². The van der Waals surface area contributed by atoms with Gasteiger partial charge in [-0.25, -0.2) is 9.86 Å². The second kappa shape index (κ2) is 7.73. The number of rotatable bonds is 6. The van der Waals surface area contributed by atoms with E-state index in [9.17, 15) is 18.3 Å². The number of nitrogens with one attached hydrogen (secondary N) is 2. The Kier molecular flexibility index (Phi) is 5.94. The third-order valence-corrected chi connectivity index (χ3v) is 4.27. The molecule has 1 aliphatic heterocycles. The lowest BCUT2D eigenvalue weighted by Gasteiger charge is -2.32. The van der Waals surface area contributed by atoms with Crippen molar-refractivity contribution in [2.45, 2.75) is 18.9 Å². The highest BCUT2D eigenvalue weighted by atomic mass is 32.2. The van der Waals surface area contributed by atoms with Crippen molar-refractivity contribution in [3.05, 3.63) is 29.8 Å². The summed E-state index contributed by atoms with van der Waals surface area (Å²) in [5, 5.41) is 17.1. The van der Waals surface area contributed by atoms with Gasteiger partial charge < -0.3 is 15.3 Å². The fourth-order valence-corrected chi connectivity index (χ4v) is 2.90. The van der Waals surface area contributed by atoms with E-state index in [4.69, 9.17) is 5.14 Å². The number of aliphatic hydroxyl groups is 1. The van der Waals surface area contributed by atoms with Gasteiger partial charge in [-0.15, -0.1) is 0 Å². The molecule has 0 spiro atoms. The Hall–Kier alpha value is -1.68. The van der Waals surface area contributed by atoms with Gasteiger partial charge in [0.25, 0.3) is 16.1 Å². The maximum Gasteiger partial charge on any atom is 0.274 e. The van der Waals surface area contributed by atoms with E-state index in [1.165, 1.54) is 0 Å². The van der Waals surface area contributed by atoms with Gasteiger partial charge in [0, 0.05) is 31.9 Å². The van der Waals surface area contributed by atoms with Crippen molar-refractivity contribution in [3.8, 4) is 0 Å². The molecule has 0 saturated carbocycles. The molecule has 1 aliphatic rings. The lowest BCUT2D eigenvalue weighted by Crippen LogP contribution is -2.39. The van der Waals surface area contributed by atoms with Crippen molar-refractivity contribution in [2.75, 3.05) is 31.1 Å². The Morgan fingerprint density at radius 3 is 2.57 bits per heavy atom. The molecule has 23 heavy (non-hydrogen) atoms. The predicted molar refractivity (Wildman–Crippen MR) is 87.3 cm³/mol. The first-order valence-electron chi connectivity index (χ1n) is 7.44. The smallest absolute Gasteiger partial charge is 0.274 e. The molecular formula is C14H22N4O4S. The predicted octanol–water partition coefficient (Wildman–Crippen LogP) is -0.829. The van der Waals surface area contributed by atoms with Crippen LogP contribution in [0.5, 0.6) is 0 Å². The van der Waals surface area contributed by atoms with Gasteiger partial charge >= 0.3 is 0 Å². The summed E-state index contributed by atoms with van der Waals surface area (Å²) in [7, 11) is -3.75. The topological polar surface area (TPSA) is 125 Å². The van der Waals surface area contributed by atoms with Crippen LogP contribution in [0, 0.1) is 0 Å². The molecule has 5 N–H and O–H groups in total. The van der Waals surface area contributed by atoms with E-state index in [0.717, 1.165) is 5.69 Å². The average molecular weight is 342 g/mol. The molecule has 1 heterocycles. The summed E-state index contributed by atoms with van der Waals surface area (Å²) < 4.78 is 23.6. The summed E-state index contributed by atoms with van der Waals surface area (Å²) in [4.78, 5) is 14.4. The highest BCUT2D eigenvalue weighted by Crippen LogP contribution is 2.24. The Bertz CT molecular complexity index is 642. The van der Waals surface area contributed by atoms with Crippen LogP contribution in [0.25, 0.3) is 0 Å². The van der Waals surface area contributed by atoms with Crippen LogP contribution in [0.2, 0.25) is 0 Å². The Morgan fingerprint density at radius 1 is 1.26 bits per heavy atom. The molecule has 1 aromatic rings. The lowest BCUT2D eigenvalue weighted by atomic mass is 10.0. The van der Waals surface area contributed by atoms with Crippen LogP contribution in [-0.4, -0.2) is 51.7 Å². The van der Waals surface area contributed by atoms with Gasteiger partial charge in [-0.2, -0.15) is 8.42 Å². The van der Waals surface area contributed by atoms with Crippen molar-refractivity contribution in [3.63, 3.8) is 0 Å². The third-order valence-electron chi connectivity index (χ3n) is 3.67. The van der Waals surface area contributed by atoms with Crippen LogP contribution >= 0.6 is 0 Å². The van der Waals surface area contributed by atoms with E-state index in [1.54, 1.807) is 12.1 Å². The van der Waals surface area contributed by atoms with E-state index in [1.807, 2.05) is 12.1 Å². The molecule has 1 fully saturated rings. The minimum atomic E-state index is -3.75. The summed E-state index contributed by atoms with van der Waals surface area (Å²) in [6, 6.07) is 7.23. The number of piperidine rings is 1. The van der Waals surface area contributed by atoms with Crippen molar-refractivity contribution in [2.24, 2.45) is 5.14 Å². The summed E-state index contributed by atoms with van der Waals surface area (Å²) in [6.45, 7) is 1.56. The summed E-state index contributed by atoms with van der Waals surface area (Å²) >= 11 is 0. The number of aliphatic hydroxyl groups excluding tert-OH is 1. The first-order chi connectivity index (χ1) is 10.9. The molecule has 8 nitrogen and oxygen atoms in total. The lowest BCUT2D eigenvalue weighted by molar-refractivity contribution is 0.0954. The Morgan fingerprint density at radius 2 is 1.91 bits per heavy atom. The van der Waals surface area contributed by atoms with Crippen molar-refractivity contribution < 1.29 is 18.3 Å². The normalized spacial score (nSPS) is 16.3. The highest BCUT2D eigenvalue weighted by Gasteiger charge is 2.21. The zero-order valence-electron chi connectivity index (χ0n) is 12.7. The summed E-state index contributed by atoms with van der Waals surface area (Å²) in [6.07, 6.45) is 1.07. The molecule has 0 bridgehead atoms. The maximum absolute atomic E-state index is 12.3. The van der Waals surface area contributed by atoms with Gasteiger partial charge in [0.1, 0.15) is 0 Å². The van der Waals surface area contributed by atoms with Crippen LogP contribution < -0.4 is 20.1 Å². The van der Waals surface area contributed by atoms with E-state index >= 15 is 0 Å². The zero-order chi connectivity index (χ0) is 16.9. The molecule has 0 radical (unpaired) electrons. The number of anilines is 1. The number of benzene rings is 1. The van der Waals surface area contributed by atoms with Gasteiger partial charge in [0.15, 0.2) is 0 Å². The first kappa shape index (κ1) is 17.7. The number of carbonyl (C=O) groups excluding carboxylic acids is 1. The molecule has 1 saturated heterocycles. The largest absolute Gasteiger partial charge is 0.393 e. The summed E-state index contributed by atoms with van der Waals surface area (Å²) in [5.41, 5.74) is 1.34. The quantitative estimate of drug-likeness (QED) is 0.502. The fourth-order valence-electron chi connectivity index (χ4n) is 2.51. The minimum Gasteiger partial charge on any atom is -0.393 e. The monoisotopic (exact) mass is 342 g/mol. The van der Waals surface area contributed by atoms with Crippen LogP contribution in [0.15, 0.2) is 24.3 Å². The minimum absolute atomic E-state index is 0.0304. The molecule has 1 amide bonds. The molecule has 9 heteroatoms. The zero-order valence-corrected chi connectivity index (χ0v) is 13.6. The molecule has 0 atom stereocenters. The van der Waals surface area contributed by atoms with E-state index < -0.39 is 10.2 Å². The first-order valence-corrected chi connectivity index (χ1v) is 8.99. The number of hydrogen-bond donors (Lipinski definition) is 4. The van der Waals surface area contributed by atoms with Gasteiger partial charge in [0.05, 0.1) is 11.7 Å². The Labute approximate surface area is 135 Å². The number of para-hydroxylation sites is 1. The highest BCUT2D eigenvalue weighted by molar-refractivity contribution is 7.87. The second-order valence-corrected chi connectivity index (χ2v) is 6.81. The van der Waals surface area contributed by atoms with E-state index in [2.05, 4.69) is 14.9 Å². The van der Waals surface area contributed by atoms with Crippen LogP contribution in [0.1, 0.15) is 23.2 Å². The van der Waals surface area contributed by atoms with Crippen molar-refractivity contribution in [1.29, 1.82) is 0 Å². The molecule has 128 valence electrons. The van der Waals surface area contributed by atoms with Gasteiger partial charge in [-0.3, -0.25) is 4.79 Å². The second-order valence-electron chi connectivity index (χ2n) is 5.43. The van der Waals surface area contributed by atoms with Gasteiger partial charge in [-0.1, -0.05) is 12.1 Å². The molecule has 0 aromatic heterocycles. The van der Waals surface area contributed by atoms with Gasteiger partial charge in [-0.05, 0) is 25.0 Å². The van der Waals surface area contributed by atoms with E-state index in [-0.39, 0.29) is 25.1 Å². The third kappa shape index (κ3) is 5.47. The molecule has 0 unspecified atom stereocenters. The number of amides is 1. The molecule has 0 aliphatic carbocycles. The SMILES string of the molecule is NS(=O)(=O)NCCNC(=O)c1ccccc1N1CCC(O)CC1. The molecule has 1 aromatic carbocycles. The van der Waals surface area contributed by atoms with Crippen molar-refractivity contribution >= 4 is 21.8 Å². The Balaban J connectivity index is 1.97. The maximum atomic E-state index is 12.3. The van der Waals surface area contributed by atoms with Crippen LogP contribution in [0.4, 0.5) is 5.69 Å². The fraction of sp³-hybridized carbons (Fsp3) is 0.500. The van der Waals surface area contributed by atoms with E-state index in [0.29, 0.717) is 31.5 Å². The molecule has 2 rings (SSSR count). The molecular weight excluding hydrogens is 320 g/mol. The number of carbonyl (C=O) groups is 1. The average Bonchev–Trinajstić information content (AvgIpc) is 2.51. The number of nitrogens with zero attached hydrogens (tertiary/aromatic N) is 1. The van der Waals surface area contributed by atoms with Crippen LogP contribution in [0.3, 0.4) is 0 Å². The standard InChI is InChI=1S/C14H22N4O4S/c15-23(21,22)17-8-7-16-14(20)12-3-1-2-4-13(12)18-9-5-11(19)6-10-18/h1-4,11,17,19H,5-10H2,(H,16,20)(H2,15,21,22). The number of nitrogens with two attached hydrogens (primary N) is 1. The summed E-state index contributed by atoms with van der Waals surface area (Å²) in [5.74, 6) is -0.275. The van der Waals surface area contributed by atoms with Gasteiger partial charge in [0.2, 0.25) is 0 Å². The van der Waals surface area contributed by atoms with Crippen LogP contribution in [-0.2, 0) is 10.2 Å².